The Hall–Kier alpha value is -2.16. The Labute approximate surface area is 124 Å². The minimum atomic E-state index is -0.286. The van der Waals surface area contributed by atoms with Crippen LogP contribution in [-0.2, 0) is 10.2 Å². The molecule has 1 amide bonds. The Morgan fingerprint density at radius 1 is 1.05 bits per heavy atom. The zero-order chi connectivity index (χ0) is 14.3. The summed E-state index contributed by atoms with van der Waals surface area (Å²) in [5.74, 6) is 0.195. The number of hydrogen-bond donors (Lipinski definition) is 1. The summed E-state index contributed by atoms with van der Waals surface area (Å²) >= 11 is 0. The molecule has 1 aliphatic heterocycles. The third-order valence-corrected chi connectivity index (χ3v) is 4.92. The van der Waals surface area contributed by atoms with Gasteiger partial charge in [-0.15, -0.1) is 0 Å². The normalized spacial score (nSPS) is 19.3. The molecule has 1 N–H and O–H groups in total. The molecule has 2 aromatic rings. The van der Waals surface area contributed by atoms with E-state index in [1.807, 2.05) is 18.3 Å². The van der Waals surface area contributed by atoms with Gasteiger partial charge < -0.3 is 5.32 Å². The second-order valence-corrected chi connectivity index (χ2v) is 6.10. The highest BCUT2D eigenvalue weighted by atomic mass is 16.2. The van der Waals surface area contributed by atoms with Crippen LogP contribution in [-0.4, -0.2) is 10.9 Å². The Bertz CT molecular complexity index is 688. The molecule has 106 valence electrons. The molecule has 0 saturated heterocycles. The van der Waals surface area contributed by atoms with E-state index < -0.39 is 0 Å². The minimum Gasteiger partial charge on any atom is -0.325 e. The van der Waals surface area contributed by atoms with Crippen LogP contribution in [0, 0.1) is 0 Å². The maximum Gasteiger partial charge on any atom is 0.235 e. The van der Waals surface area contributed by atoms with E-state index in [2.05, 4.69) is 28.5 Å². The van der Waals surface area contributed by atoms with E-state index in [-0.39, 0.29) is 11.3 Å². The van der Waals surface area contributed by atoms with Crippen LogP contribution in [0.2, 0.25) is 0 Å². The fourth-order valence-corrected chi connectivity index (χ4v) is 3.78. The van der Waals surface area contributed by atoms with Gasteiger partial charge in [-0.05, 0) is 47.7 Å². The summed E-state index contributed by atoms with van der Waals surface area (Å²) in [6.45, 7) is 0. The number of rotatable bonds is 1. The van der Waals surface area contributed by atoms with Gasteiger partial charge in [0, 0.05) is 18.1 Å². The van der Waals surface area contributed by atoms with Crippen LogP contribution in [0.1, 0.15) is 37.7 Å². The molecule has 3 heteroatoms. The number of carbonyl (C=O) groups is 1. The molecule has 0 atom stereocenters. The number of benzene rings is 1. The minimum absolute atomic E-state index is 0.195. The van der Waals surface area contributed by atoms with E-state index in [0.717, 1.165) is 42.5 Å². The average molecular weight is 278 g/mol. The van der Waals surface area contributed by atoms with Gasteiger partial charge in [-0.1, -0.05) is 31.4 Å². The van der Waals surface area contributed by atoms with Gasteiger partial charge in [0.1, 0.15) is 0 Å². The van der Waals surface area contributed by atoms with Gasteiger partial charge in [-0.2, -0.15) is 0 Å². The summed E-state index contributed by atoms with van der Waals surface area (Å²) in [5.41, 5.74) is 4.14. The number of amides is 1. The molecule has 0 radical (unpaired) electrons. The molecule has 0 unspecified atom stereocenters. The van der Waals surface area contributed by atoms with Gasteiger partial charge in [-0.25, -0.2) is 0 Å². The number of nitrogens with one attached hydrogen (secondary N) is 1. The maximum absolute atomic E-state index is 12.5. The van der Waals surface area contributed by atoms with E-state index in [1.54, 1.807) is 6.20 Å². The average Bonchev–Trinajstić information content (AvgIpc) is 2.81. The lowest BCUT2D eigenvalue weighted by molar-refractivity contribution is -0.121. The SMILES string of the molecule is O=C1Nc2ccc(-c3cccnc3)cc2C12CCCCC2. The highest BCUT2D eigenvalue weighted by Crippen LogP contribution is 2.48. The first-order valence-electron chi connectivity index (χ1n) is 7.66. The van der Waals surface area contributed by atoms with Crippen molar-refractivity contribution in [2.45, 2.75) is 37.5 Å². The molecule has 1 saturated carbocycles. The first kappa shape index (κ1) is 12.6. The van der Waals surface area contributed by atoms with Crippen molar-refractivity contribution in [3.8, 4) is 11.1 Å². The summed E-state index contributed by atoms with van der Waals surface area (Å²) in [6.07, 6.45) is 9.13. The van der Waals surface area contributed by atoms with Crippen LogP contribution in [0.25, 0.3) is 11.1 Å². The molecular formula is C18H18N2O. The molecule has 1 aromatic heterocycles. The van der Waals surface area contributed by atoms with E-state index >= 15 is 0 Å². The molecule has 1 spiro atoms. The molecule has 2 heterocycles. The van der Waals surface area contributed by atoms with Crippen LogP contribution in [0.3, 0.4) is 0 Å². The molecule has 0 bridgehead atoms. The summed E-state index contributed by atoms with van der Waals surface area (Å²) in [6, 6.07) is 10.3. The van der Waals surface area contributed by atoms with Crippen LogP contribution in [0.15, 0.2) is 42.7 Å². The van der Waals surface area contributed by atoms with Crippen molar-refractivity contribution in [3.63, 3.8) is 0 Å². The van der Waals surface area contributed by atoms with Crippen LogP contribution in [0.4, 0.5) is 5.69 Å². The van der Waals surface area contributed by atoms with E-state index in [1.165, 1.54) is 12.0 Å². The van der Waals surface area contributed by atoms with Crippen LogP contribution >= 0.6 is 0 Å². The Morgan fingerprint density at radius 3 is 2.67 bits per heavy atom. The Balaban J connectivity index is 1.83. The Kier molecular flexibility index (Phi) is 2.81. The number of anilines is 1. The molecule has 4 rings (SSSR count). The van der Waals surface area contributed by atoms with E-state index in [4.69, 9.17) is 0 Å². The standard InChI is InChI=1S/C18H18N2O/c21-17-18(8-2-1-3-9-18)15-11-13(6-7-16(15)20-17)14-5-4-10-19-12-14/h4-7,10-12H,1-3,8-9H2,(H,20,21). The summed E-state index contributed by atoms with van der Waals surface area (Å²) in [7, 11) is 0. The molecule has 1 aliphatic carbocycles. The summed E-state index contributed by atoms with van der Waals surface area (Å²) in [4.78, 5) is 16.7. The summed E-state index contributed by atoms with van der Waals surface area (Å²) < 4.78 is 0. The molecule has 2 aliphatic rings. The first-order valence-corrected chi connectivity index (χ1v) is 7.66. The van der Waals surface area contributed by atoms with Crippen molar-refractivity contribution < 1.29 is 4.79 Å². The van der Waals surface area contributed by atoms with Gasteiger partial charge in [0.05, 0.1) is 5.41 Å². The second-order valence-electron chi connectivity index (χ2n) is 6.10. The number of aromatic nitrogens is 1. The highest BCUT2D eigenvalue weighted by molar-refractivity contribution is 6.06. The topological polar surface area (TPSA) is 42.0 Å². The third kappa shape index (κ3) is 1.88. The zero-order valence-corrected chi connectivity index (χ0v) is 11.9. The van der Waals surface area contributed by atoms with Crippen molar-refractivity contribution in [3.05, 3.63) is 48.3 Å². The van der Waals surface area contributed by atoms with E-state index in [9.17, 15) is 4.79 Å². The Morgan fingerprint density at radius 2 is 1.90 bits per heavy atom. The summed E-state index contributed by atoms with van der Waals surface area (Å²) in [5, 5.41) is 3.08. The predicted molar refractivity (Wildman–Crippen MR) is 83.1 cm³/mol. The van der Waals surface area contributed by atoms with Gasteiger partial charge in [0.25, 0.3) is 0 Å². The van der Waals surface area contributed by atoms with E-state index in [0.29, 0.717) is 0 Å². The molecule has 3 nitrogen and oxygen atoms in total. The number of pyridine rings is 1. The number of carbonyl (C=O) groups excluding carboxylic acids is 1. The maximum atomic E-state index is 12.5. The van der Waals surface area contributed by atoms with Crippen LogP contribution in [0.5, 0.6) is 0 Å². The molecule has 21 heavy (non-hydrogen) atoms. The van der Waals surface area contributed by atoms with Crippen LogP contribution < -0.4 is 5.32 Å². The quantitative estimate of drug-likeness (QED) is 0.859. The fourth-order valence-electron chi connectivity index (χ4n) is 3.78. The third-order valence-electron chi connectivity index (χ3n) is 4.92. The lowest BCUT2D eigenvalue weighted by atomic mass is 9.70. The predicted octanol–water partition coefficient (Wildman–Crippen LogP) is 3.90. The lowest BCUT2D eigenvalue weighted by Gasteiger charge is -2.31. The first-order chi connectivity index (χ1) is 10.3. The van der Waals surface area contributed by atoms with Crippen molar-refractivity contribution in [2.75, 3.05) is 5.32 Å². The zero-order valence-electron chi connectivity index (χ0n) is 11.9. The molecule has 1 aromatic carbocycles. The van der Waals surface area contributed by atoms with Gasteiger partial charge >= 0.3 is 0 Å². The molecule has 1 fully saturated rings. The smallest absolute Gasteiger partial charge is 0.235 e. The fraction of sp³-hybridized carbons (Fsp3) is 0.333. The number of hydrogen-bond acceptors (Lipinski definition) is 2. The van der Waals surface area contributed by atoms with Crippen molar-refractivity contribution in [1.29, 1.82) is 0 Å². The second kappa shape index (κ2) is 4.69. The van der Waals surface area contributed by atoms with Gasteiger partial charge in [0.2, 0.25) is 5.91 Å². The monoisotopic (exact) mass is 278 g/mol. The number of nitrogens with zero attached hydrogens (tertiary/aromatic N) is 1. The van der Waals surface area contributed by atoms with Crippen molar-refractivity contribution in [2.24, 2.45) is 0 Å². The lowest BCUT2D eigenvalue weighted by Crippen LogP contribution is -2.36. The van der Waals surface area contributed by atoms with Gasteiger partial charge in [-0.3, -0.25) is 9.78 Å². The highest BCUT2D eigenvalue weighted by Gasteiger charge is 2.47. The largest absolute Gasteiger partial charge is 0.325 e. The van der Waals surface area contributed by atoms with Crippen molar-refractivity contribution in [1.82, 2.24) is 4.98 Å². The number of fused-ring (bicyclic) bond motifs is 2. The van der Waals surface area contributed by atoms with Crippen molar-refractivity contribution >= 4 is 11.6 Å². The van der Waals surface area contributed by atoms with Gasteiger partial charge in [0.15, 0.2) is 0 Å². The molecular weight excluding hydrogens is 260 g/mol.